The lowest BCUT2D eigenvalue weighted by atomic mass is 9.58. The van der Waals surface area contributed by atoms with E-state index in [1.54, 1.807) is 45.5 Å². The van der Waals surface area contributed by atoms with E-state index >= 15 is 8.78 Å². The average Bonchev–Trinajstić information content (AvgIpc) is 3.32. The average molecular weight is 551 g/mol. The molecular formula is C30H44F2N2O5. The lowest BCUT2D eigenvalue weighted by Crippen LogP contribution is -2.63. The van der Waals surface area contributed by atoms with Gasteiger partial charge in [-0.3, -0.25) is 9.79 Å². The van der Waals surface area contributed by atoms with E-state index in [0.717, 1.165) is 5.57 Å². The molecule has 39 heavy (non-hydrogen) atoms. The summed E-state index contributed by atoms with van der Waals surface area (Å²) in [5.74, 6) is -3.53. The molecule has 1 amide bonds. The van der Waals surface area contributed by atoms with E-state index in [0.29, 0.717) is 42.2 Å². The summed E-state index contributed by atoms with van der Waals surface area (Å²) in [6.45, 7) is 9.77. The van der Waals surface area contributed by atoms with E-state index in [-0.39, 0.29) is 26.0 Å². The molecule has 1 heterocycles. The lowest BCUT2D eigenvalue weighted by Gasteiger charge is -2.51. The number of alkyl halides is 2. The Labute approximate surface area is 231 Å². The number of likely N-dealkylation sites (tertiary alicyclic amines) is 1. The van der Waals surface area contributed by atoms with E-state index in [2.05, 4.69) is 4.99 Å². The van der Waals surface area contributed by atoms with Gasteiger partial charge >= 0.3 is 5.92 Å². The molecule has 1 atom stereocenters. The van der Waals surface area contributed by atoms with E-state index in [9.17, 15) is 9.90 Å². The van der Waals surface area contributed by atoms with Gasteiger partial charge in [0, 0.05) is 19.7 Å². The van der Waals surface area contributed by atoms with Crippen molar-refractivity contribution in [1.82, 2.24) is 4.90 Å². The summed E-state index contributed by atoms with van der Waals surface area (Å²) in [4.78, 5) is 19.0. The van der Waals surface area contributed by atoms with Crippen molar-refractivity contribution >= 4 is 11.6 Å². The summed E-state index contributed by atoms with van der Waals surface area (Å²) in [5, 5.41) is 11.3. The highest BCUT2D eigenvalue weighted by molar-refractivity contribution is 6.02. The zero-order valence-corrected chi connectivity index (χ0v) is 24.6. The van der Waals surface area contributed by atoms with Gasteiger partial charge in [-0.15, -0.1) is 0 Å². The molecule has 0 spiro atoms. The van der Waals surface area contributed by atoms with Crippen LogP contribution < -0.4 is 14.2 Å². The Balaban J connectivity index is 1.77. The number of methoxy groups -OCH3 is 2. The lowest BCUT2D eigenvalue weighted by molar-refractivity contribution is -0.230. The van der Waals surface area contributed by atoms with Crippen molar-refractivity contribution in [2.24, 2.45) is 15.8 Å². The highest BCUT2D eigenvalue weighted by Crippen LogP contribution is 2.55. The number of aliphatic imine (C=N–C) groups is 1. The minimum atomic E-state index is -3.92. The second kappa shape index (κ2) is 11.4. The van der Waals surface area contributed by atoms with Gasteiger partial charge in [0.25, 0.3) is 5.91 Å². The number of hydrogen-bond acceptors (Lipinski definition) is 6. The minimum absolute atomic E-state index is 0.137. The normalized spacial score (nSPS) is 22.9. The van der Waals surface area contributed by atoms with Crippen LogP contribution in [0.3, 0.4) is 0 Å². The van der Waals surface area contributed by atoms with E-state index in [4.69, 9.17) is 14.2 Å². The van der Waals surface area contributed by atoms with Crippen LogP contribution >= 0.6 is 0 Å². The molecule has 0 radical (unpaired) electrons. The molecule has 0 bridgehead atoms. The van der Waals surface area contributed by atoms with Gasteiger partial charge in [-0.2, -0.15) is 8.78 Å². The van der Waals surface area contributed by atoms with Gasteiger partial charge in [0.15, 0.2) is 11.5 Å². The minimum Gasteiger partial charge on any atom is -0.493 e. The quantitative estimate of drug-likeness (QED) is 0.400. The molecule has 0 aromatic heterocycles. The second-order valence-electron chi connectivity index (χ2n) is 12.6. The summed E-state index contributed by atoms with van der Waals surface area (Å²) < 4.78 is 48.3. The highest BCUT2D eigenvalue weighted by atomic mass is 19.3. The zero-order valence-electron chi connectivity index (χ0n) is 24.6. The van der Waals surface area contributed by atoms with Gasteiger partial charge in [-0.25, -0.2) is 0 Å². The third-order valence-electron chi connectivity index (χ3n) is 7.68. The van der Waals surface area contributed by atoms with Gasteiger partial charge in [-0.1, -0.05) is 27.7 Å². The summed E-state index contributed by atoms with van der Waals surface area (Å²) in [7, 11) is 4.69. The molecule has 1 aliphatic heterocycles. The van der Waals surface area contributed by atoms with E-state index in [1.165, 1.54) is 4.90 Å². The number of hydrogen-bond donors (Lipinski definition) is 1. The Morgan fingerprint density at radius 2 is 1.74 bits per heavy atom. The Morgan fingerprint density at radius 1 is 1.13 bits per heavy atom. The van der Waals surface area contributed by atoms with Crippen LogP contribution in [0.15, 0.2) is 34.8 Å². The van der Waals surface area contributed by atoms with Crippen molar-refractivity contribution in [2.45, 2.75) is 84.3 Å². The molecule has 2 fully saturated rings. The highest BCUT2D eigenvalue weighted by Gasteiger charge is 2.65. The Kier molecular flexibility index (Phi) is 9.05. The molecule has 1 aromatic carbocycles. The SMILES string of the molecule is C/N=C(\C=C(/C)COc1ccc(OC)c(OC)c1)[C@@H]1CCCN1C(=O)C(F)(F)C1(O)CC(C)(C)CC(C)(C)C1. The molecule has 1 aromatic rings. The monoisotopic (exact) mass is 550 g/mol. The fourth-order valence-corrected chi connectivity index (χ4v) is 6.69. The number of rotatable bonds is 9. The fraction of sp³-hybridized carbons (Fsp3) is 0.667. The van der Waals surface area contributed by atoms with Crippen molar-refractivity contribution in [2.75, 3.05) is 34.4 Å². The molecular weight excluding hydrogens is 506 g/mol. The second-order valence-corrected chi connectivity index (χ2v) is 12.6. The molecule has 0 unspecified atom stereocenters. The van der Waals surface area contributed by atoms with Crippen LogP contribution in [0.2, 0.25) is 0 Å². The molecule has 1 N–H and O–H groups in total. The van der Waals surface area contributed by atoms with Gasteiger partial charge < -0.3 is 24.2 Å². The van der Waals surface area contributed by atoms with Crippen molar-refractivity contribution in [3.05, 3.63) is 29.8 Å². The van der Waals surface area contributed by atoms with Crippen LogP contribution in [0.4, 0.5) is 8.78 Å². The van der Waals surface area contributed by atoms with Crippen molar-refractivity contribution in [3.8, 4) is 17.2 Å². The standard InChI is InChI=1S/C30H44F2N2O5/c1-20(16-39-21-11-12-24(37-7)25(15-21)38-8)14-22(33-6)23-10-9-13-34(23)26(35)30(31,32)29(36)18-27(2,3)17-28(4,5)19-29/h11-12,14-15,23,36H,9-10,13,16-19H2,1-8H3/b20-14+,33-22+/t23-/m0/s1. The van der Waals surface area contributed by atoms with Crippen LogP contribution in [-0.2, 0) is 4.79 Å². The number of benzene rings is 1. The molecule has 3 rings (SSSR count). The summed E-state index contributed by atoms with van der Waals surface area (Å²) >= 11 is 0. The maximum atomic E-state index is 15.9. The molecule has 1 aliphatic carbocycles. The molecule has 9 heteroatoms. The molecule has 2 aliphatic rings. The van der Waals surface area contributed by atoms with Crippen molar-refractivity contribution < 1.29 is 32.9 Å². The maximum Gasteiger partial charge on any atom is 0.352 e. The summed E-state index contributed by atoms with van der Waals surface area (Å²) in [5.41, 5.74) is -2.11. The third kappa shape index (κ3) is 6.73. The Morgan fingerprint density at radius 3 is 2.31 bits per heavy atom. The first-order chi connectivity index (χ1) is 18.1. The number of carbonyl (C=O) groups is 1. The van der Waals surface area contributed by atoms with Gasteiger partial charge in [0.1, 0.15) is 18.0 Å². The van der Waals surface area contributed by atoms with Crippen LogP contribution in [-0.4, -0.2) is 73.6 Å². The largest absolute Gasteiger partial charge is 0.493 e. The number of nitrogens with zero attached hydrogens (tertiary/aromatic N) is 2. The van der Waals surface area contributed by atoms with Crippen LogP contribution in [0, 0.1) is 10.8 Å². The number of amides is 1. The summed E-state index contributed by atoms with van der Waals surface area (Å²) in [6.07, 6.45) is 3.31. The van der Waals surface area contributed by atoms with Crippen LogP contribution in [0.1, 0.15) is 66.7 Å². The van der Waals surface area contributed by atoms with Crippen molar-refractivity contribution in [3.63, 3.8) is 0 Å². The Hall–Kier alpha value is -2.68. The Bertz CT molecular complexity index is 1100. The van der Waals surface area contributed by atoms with E-state index < -0.39 is 34.3 Å². The van der Waals surface area contributed by atoms with Gasteiger partial charge in [-0.05, 0) is 73.6 Å². The van der Waals surface area contributed by atoms with Crippen LogP contribution in [0.5, 0.6) is 17.2 Å². The topological polar surface area (TPSA) is 80.6 Å². The van der Waals surface area contributed by atoms with Gasteiger partial charge in [0.05, 0.1) is 26.0 Å². The van der Waals surface area contributed by atoms with Gasteiger partial charge in [0.2, 0.25) is 0 Å². The van der Waals surface area contributed by atoms with E-state index in [1.807, 2.05) is 34.6 Å². The summed E-state index contributed by atoms with van der Waals surface area (Å²) in [6, 6.07) is 4.63. The maximum absolute atomic E-state index is 15.9. The van der Waals surface area contributed by atoms with Crippen LogP contribution in [0.25, 0.3) is 0 Å². The smallest absolute Gasteiger partial charge is 0.352 e. The molecule has 218 valence electrons. The fourth-order valence-electron chi connectivity index (χ4n) is 6.69. The number of ether oxygens (including phenoxy) is 3. The predicted molar refractivity (Wildman–Crippen MR) is 148 cm³/mol. The van der Waals surface area contributed by atoms with Crippen molar-refractivity contribution in [1.29, 1.82) is 0 Å². The number of aliphatic hydroxyl groups is 1. The number of halogens is 2. The molecule has 1 saturated carbocycles. The predicted octanol–water partition coefficient (Wildman–Crippen LogP) is 5.69. The first-order valence-corrected chi connectivity index (χ1v) is 13.5. The zero-order chi connectivity index (χ0) is 29.2. The third-order valence-corrected chi connectivity index (χ3v) is 7.68. The number of carbonyl (C=O) groups excluding carboxylic acids is 1. The molecule has 7 nitrogen and oxygen atoms in total. The first-order valence-electron chi connectivity index (χ1n) is 13.5. The molecule has 1 saturated heterocycles. The first kappa shape index (κ1) is 30.9.